The number of pyridine rings is 1. The monoisotopic (exact) mass is 508 g/mol. The van der Waals surface area contributed by atoms with Crippen molar-refractivity contribution < 1.29 is 4.74 Å². The van der Waals surface area contributed by atoms with E-state index in [4.69, 9.17) is 4.74 Å². The molecule has 0 spiro atoms. The van der Waals surface area contributed by atoms with E-state index in [1.54, 1.807) is 7.05 Å². The number of hydrogen-bond acceptors (Lipinski definition) is 4. The Morgan fingerprint density at radius 3 is 2.69 bits per heavy atom. The van der Waals surface area contributed by atoms with E-state index < -0.39 is 0 Å². The highest BCUT2D eigenvalue weighted by atomic mass is 127. The summed E-state index contributed by atoms with van der Waals surface area (Å²) in [6, 6.07) is 14.1. The Hall–Kier alpha value is -2.36. The van der Waals surface area contributed by atoms with Gasteiger partial charge in [0.2, 0.25) is 0 Å². The number of aromatic nitrogens is 3. The molecule has 2 aromatic heterocycles. The summed E-state index contributed by atoms with van der Waals surface area (Å²) in [7, 11) is 1.76. The zero-order valence-corrected chi connectivity index (χ0v) is 19.3. The number of halogens is 1. The number of nitrogens with one attached hydrogen (secondary N) is 2. The van der Waals surface area contributed by atoms with Gasteiger partial charge in [-0.05, 0) is 42.7 Å². The first-order chi connectivity index (χ1) is 13.8. The van der Waals surface area contributed by atoms with Gasteiger partial charge in [0.1, 0.15) is 5.75 Å². The van der Waals surface area contributed by atoms with E-state index in [-0.39, 0.29) is 24.0 Å². The molecule has 0 saturated carbocycles. The summed E-state index contributed by atoms with van der Waals surface area (Å²) in [6.07, 6.45) is 5.09. The fraction of sp³-hybridized carbons (Fsp3) is 0.381. The predicted octanol–water partition coefficient (Wildman–Crippen LogP) is 3.43. The molecule has 1 aromatic carbocycles. The number of guanidine groups is 1. The van der Waals surface area contributed by atoms with E-state index in [2.05, 4.69) is 44.9 Å². The molecule has 7 nitrogen and oxygen atoms in total. The van der Waals surface area contributed by atoms with Gasteiger partial charge < -0.3 is 15.4 Å². The van der Waals surface area contributed by atoms with Crippen LogP contribution < -0.4 is 15.4 Å². The zero-order chi connectivity index (χ0) is 19.6. The minimum atomic E-state index is 0. The molecule has 0 atom stereocenters. The molecule has 0 aliphatic rings. The third-order valence-corrected chi connectivity index (χ3v) is 4.42. The van der Waals surface area contributed by atoms with E-state index in [9.17, 15) is 0 Å². The maximum absolute atomic E-state index is 5.70. The lowest BCUT2D eigenvalue weighted by Crippen LogP contribution is -2.38. The summed E-state index contributed by atoms with van der Waals surface area (Å²) in [5.41, 5.74) is 2.10. The standard InChI is InChI=1S/C21H28N6O.HI/c1-3-4-15-28-18-10-8-17(9-11-18)12-13-23-21(22-2)24-16-20-26-25-19-7-5-6-14-27(19)20;/h5-11,14H,3-4,12-13,15-16H2,1-2H3,(H2,22,23,24);1H. The molecule has 2 N–H and O–H groups in total. The van der Waals surface area contributed by atoms with E-state index in [0.29, 0.717) is 6.54 Å². The number of hydrogen-bond donors (Lipinski definition) is 2. The fourth-order valence-electron chi connectivity index (χ4n) is 2.81. The van der Waals surface area contributed by atoms with Gasteiger partial charge in [-0.15, -0.1) is 34.2 Å². The van der Waals surface area contributed by atoms with Crippen molar-refractivity contribution in [2.45, 2.75) is 32.7 Å². The minimum Gasteiger partial charge on any atom is -0.494 e. The van der Waals surface area contributed by atoms with Gasteiger partial charge in [-0.25, -0.2) is 0 Å². The number of aliphatic imine (C=N–C) groups is 1. The number of nitrogens with zero attached hydrogens (tertiary/aromatic N) is 4. The third kappa shape index (κ3) is 6.88. The molecule has 3 rings (SSSR count). The normalized spacial score (nSPS) is 11.2. The molecular weight excluding hydrogens is 479 g/mol. The summed E-state index contributed by atoms with van der Waals surface area (Å²) in [6.45, 7) is 4.28. The second-order valence-corrected chi connectivity index (χ2v) is 6.49. The lowest BCUT2D eigenvalue weighted by Gasteiger charge is -2.11. The predicted molar refractivity (Wildman–Crippen MR) is 127 cm³/mol. The van der Waals surface area contributed by atoms with Crippen molar-refractivity contribution in [1.29, 1.82) is 0 Å². The first-order valence-corrected chi connectivity index (χ1v) is 9.75. The van der Waals surface area contributed by atoms with Gasteiger partial charge in [0.15, 0.2) is 17.4 Å². The number of rotatable bonds is 9. The Morgan fingerprint density at radius 1 is 1.10 bits per heavy atom. The quantitative estimate of drug-likeness (QED) is 0.201. The smallest absolute Gasteiger partial charge is 0.191 e. The topological polar surface area (TPSA) is 75.8 Å². The van der Waals surface area contributed by atoms with Crippen LogP contribution in [0.25, 0.3) is 5.65 Å². The highest BCUT2D eigenvalue weighted by Crippen LogP contribution is 2.13. The minimum absolute atomic E-state index is 0. The molecule has 156 valence electrons. The molecule has 0 saturated heterocycles. The Kier molecular flexibility index (Phi) is 9.69. The zero-order valence-electron chi connectivity index (χ0n) is 17.0. The fourth-order valence-corrected chi connectivity index (χ4v) is 2.81. The van der Waals surface area contributed by atoms with E-state index in [0.717, 1.165) is 55.6 Å². The first kappa shape index (κ1) is 22.9. The SMILES string of the molecule is CCCCOc1ccc(CCNC(=NC)NCc2nnc3ccccn23)cc1.I. The molecule has 8 heteroatoms. The van der Waals surface area contributed by atoms with Crippen molar-refractivity contribution in [3.63, 3.8) is 0 Å². The highest BCUT2D eigenvalue weighted by Gasteiger charge is 2.05. The third-order valence-electron chi connectivity index (χ3n) is 4.42. The largest absolute Gasteiger partial charge is 0.494 e. The Balaban J connectivity index is 0.00000300. The number of benzene rings is 1. The summed E-state index contributed by atoms with van der Waals surface area (Å²) in [4.78, 5) is 4.27. The maximum Gasteiger partial charge on any atom is 0.191 e. The van der Waals surface area contributed by atoms with Crippen LogP contribution >= 0.6 is 24.0 Å². The molecule has 3 aromatic rings. The first-order valence-electron chi connectivity index (χ1n) is 9.75. The molecule has 29 heavy (non-hydrogen) atoms. The van der Waals surface area contributed by atoms with Crippen LogP contribution in [0.15, 0.2) is 53.7 Å². The summed E-state index contributed by atoms with van der Waals surface area (Å²) in [5.74, 6) is 2.52. The van der Waals surface area contributed by atoms with Crippen molar-refractivity contribution in [2.24, 2.45) is 4.99 Å². The molecule has 0 unspecified atom stereocenters. The van der Waals surface area contributed by atoms with Crippen molar-refractivity contribution >= 4 is 35.6 Å². The van der Waals surface area contributed by atoms with Crippen LogP contribution in [0.2, 0.25) is 0 Å². The highest BCUT2D eigenvalue weighted by molar-refractivity contribution is 14.0. The van der Waals surface area contributed by atoms with Gasteiger partial charge in [-0.3, -0.25) is 9.39 Å². The van der Waals surface area contributed by atoms with Crippen molar-refractivity contribution in [3.05, 3.63) is 60.0 Å². The van der Waals surface area contributed by atoms with Crippen molar-refractivity contribution in [3.8, 4) is 5.75 Å². The van der Waals surface area contributed by atoms with Crippen LogP contribution in [0.4, 0.5) is 0 Å². The molecule has 0 amide bonds. The van der Waals surface area contributed by atoms with Crippen molar-refractivity contribution in [2.75, 3.05) is 20.2 Å². The summed E-state index contributed by atoms with van der Waals surface area (Å²) < 4.78 is 7.66. The second kappa shape index (κ2) is 12.3. The summed E-state index contributed by atoms with van der Waals surface area (Å²) >= 11 is 0. The van der Waals surface area contributed by atoms with Gasteiger partial charge in [-0.2, -0.15) is 0 Å². The van der Waals surface area contributed by atoms with E-state index in [1.165, 1.54) is 5.56 Å². The lowest BCUT2D eigenvalue weighted by atomic mass is 10.1. The lowest BCUT2D eigenvalue weighted by molar-refractivity contribution is 0.309. The van der Waals surface area contributed by atoms with Crippen molar-refractivity contribution in [1.82, 2.24) is 25.2 Å². The molecule has 2 heterocycles. The molecule has 0 radical (unpaired) electrons. The second-order valence-electron chi connectivity index (χ2n) is 6.49. The van der Waals surface area contributed by atoms with Crippen LogP contribution in [-0.2, 0) is 13.0 Å². The average Bonchev–Trinajstić information content (AvgIpc) is 3.15. The molecular formula is C21H29IN6O. The van der Waals surface area contributed by atoms with Crippen LogP contribution in [0.1, 0.15) is 31.2 Å². The number of fused-ring (bicyclic) bond motifs is 1. The van der Waals surface area contributed by atoms with Crippen LogP contribution in [0, 0.1) is 0 Å². The molecule has 0 bridgehead atoms. The van der Waals surface area contributed by atoms with Gasteiger partial charge in [0.25, 0.3) is 0 Å². The van der Waals surface area contributed by atoms with E-state index in [1.807, 2.05) is 40.9 Å². The Labute approximate surface area is 189 Å². The van der Waals surface area contributed by atoms with Crippen LogP contribution in [0.5, 0.6) is 5.75 Å². The van der Waals surface area contributed by atoms with Gasteiger partial charge in [0.05, 0.1) is 13.2 Å². The average molecular weight is 508 g/mol. The Morgan fingerprint density at radius 2 is 1.93 bits per heavy atom. The summed E-state index contributed by atoms with van der Waals surface area (Å²) in [5, 5.41) is 15.0. The Bertz CT molecular complexity index is 894. The molecule has 0 aliphatic carbocycles. The number of ether oxygens (including phenoxy) is 1. The maximum atomic E-state index is 5.70. The van der Waals surface area contributed by atoms with Gasteiger partial charge in [0, 0.05) is 19.8 Å². The number of unbranched alkanes of at least 4 members (excludes halogenated alkanes) is 1. The van der Waals surface area contributed by atoms with Gasteiger partial charge >= 0.3 is 0 Å². The molecule has 0 fully saturated rings. The molecule has 0 aliphatic heterocycles. The van der Waals surface area contributed by atoms with Gasteiger partial charge in [-0.1, -0.05) is 31.5 Å². The van der Waals surface area contributed by atoms with Crippen LogP contribution in [0.3, 0.4) is 0 Å². The van der Waals surface area contributed by atoms with Crippen LogP contribution in [-0.4, -0.2) is 40.8 Å². The van der Waals surface area contributed by atoms with E-state index >= 15 is 0 Å².